The Morgan fingerprint density at radius 3 is 2.32 bits per heavy atom. The highest BCUT2D eigenvalue weighted by Gasteiger charge is 2.39. The molecule has 2 aromatic carbocycles. The van der Waals surface area contributed by atoms with E-state index in [1.54, 1.807) is 30.3 Å². The number of nitrogens with zero attached hydrogens (tertiary/aromatic N) is 1. The topological polar surface area (TPSA) is 58.9 Å². The molecule has 0 aromatic heterocycles. The normalized spacial score (nSPS) is 12.4. The second-order valence-corrected chi connectivity index (χ2v) is 12.3. The minimum Gasteiger partial charge on any atom is -0.543 e. The Bertz CT molecular complexity index is 777. The van der Waals surface area contributed by atoms with Gasteiger partial charge >= 0.3 is 0 Å². The summed E-state index contributed by atoms with van der Waals surface area (Å²) in [5.41, 5.74) is 1.72. The molecule has 0 saturated carbocycles. The van der Waals surface area contributed by atoms with Crippen LogP contribution in [0.2, 0.25) is 18.1 Å². The zero-order valence-corrected chi connectivity index (χ0v) is 16.4. The van der Waals surface area contributed by atoms with Gasteiger partial charge in [-0.2, -0.15) is 0 Å². The van der Waals surface area contributed by atoms with Crippen molar-refractivity contribution >= 4 is 20.3 Å². The number of hydrogen-bond donors (Lipinski definition) is 1. The van der Waals surface area contributed by atoms with Gasteiger partial charge in [-0.25, -0.2) is 0 Å². The van der Waals surface area contributed by atoms with Crippen molar-refractivity contribution in [2.75, 3.05) is 0 Å². The Hall–Kier alpha value is -2.40. The number of benzene rings is 2. The first-order chi connectivity index (χ1) is 11.7. The van der Waals surface area contributed by atoms with E-state index in [9.17, 15) is 4.79 Å². The summed E-state index contributed by atoms with van der Waals surface area (Å²) in [6.45, 7) is 10.8. The van der Waals surface area contributed by atoms with Crippen LogP contribution in [0.5, 0.6) is 5.75 Å². The lowest BCUT2D eigenvalue weighted by Crippen LogP contribution is -2.44. The van der Waals surface area contributed by atoms with Crippen LogP contribution in [-0.2, 0) is 0 Å². The highest BCUT2D eigenvalue weighted by molar-refractivity contribution is 6.74. The average Bonchev–Trinajstić information content (AvgIpc) is 2.55. The van der Waals surface area contributed by atoms with E-state index in [-0.39, 0.29) is 10.8 Å². The summed E-state index contributed by atoms with van der Waals surface area (Å²) < 4.78 is 6.38. The van der Waals surface area contributed by atoms with Gasteiger partial charge in [-0.15, -0.1) is 0 Å². The van der Waals surface area contributed by atoms with Gasteiger partial charge in [-0.05, 0) is 41.9 Å². The van der Waals surface area contributed by atoms with Gasteiger partial charge in [-0.1, -0.05) is 56.3 Å². The van der Waals surface area contributed by atoms with Crippen LogP contribution >= 0.6 is 0 Å². The van der Waals surface area contributed by atoms with Gasteiger partial charge < -0.3 is 9.63 Å². The van der Waals surface area contributed by atoms with Crippen molar-refractivity contribution in [1.82, 2.24) is 0 Å². The number of oxime groups is 1. The Kier molecular flexibility index (Phi) is 5.47. The molecule has 0 aliphatic carbocycles. The molecule has 132 valence electrons. The number of ketones is 1. The fourth-order valence-electron chi connectivity index (χ4n) is 2.13. The molecule has 0 fully saturated rings. The van der Waals surface area contributed by atoms with Gasteiger partial charge in [0.2, 0.25) is 0 Å². The maximum Gasteiger partial charge on any atom is 0.250 e. The molecule has 0 bridgehead atoms. The number of rotatable bonds is 5. The first-order valence-corrected chi connectivity index (χ1v) is 11.2. The molecule has 4 nitrogen and oxygen atoms in total. The molecule has 0 saturated heterocycles. The SMILES string of the molecule is CC(C)(C)[Si](C)(C)Oc1ccc(/C=N/O)cc1C(=O)c1ccccc1. The van der Waals surface area contributed by atoms with Gasteiger partial charge in [0.1, 0.15) is 5.75 Å². The van der Waals surface area contributed by atoms with Crippen molar-refractivity contribution in [3.05, 3.63) is 65.2 Å². The lowest BCUT2D eigenvalue weighted by atomic mass is 10.0. The van der Waals surface area contributed by atoms with E-state index < -0.39 is 8.32 Å². The predicted molar refractivity (Wildman–Crippen MR) is 104 cm³/mol. The lowest BCUT2D eigenvalue weighted by Gasteiger charge is -2.37. The number of hydrogen-bond acceptors (Lipinski definition) is 4. The molecule has 0 unspecified atom stereocenters. The highest BCUT2D eigenvalue weighted by atomic mass is 28.4. The van der Waals surface area contributed by atoms with Crippen LogP contribution in [-0.4, -0.2) is 25.5 Å². The van der Waals surface area contributed by atoms with Crippen LogP contribution in [0.3, 0.4) is 0 Å². The largest absolute Gasteiger partial charge is 0.543 e. The van der Waals surface area contributed by atoms with Crippen molar-refractivity contribution in [2.24, 2.45) is 5.16 Å². The molecule has 5 heteroatoms. The van der Waals surface area contributed by atoms with E-state index >= 15 is 0 Å². The van der Waals surface area contributed by atoms with Crippen LogP contribution in [0.1, 0.15) is 42.3 Å². The fourth-order valence-corrected chi connectivity index (χ4v) is 3.17. The van der Waals surface area contributed by atoms with Crippen molar-refractivity contribution in [3.8, 4) is 5.75 Å². The molecule has 0 heterocycles. The second kappa shape index (κ2) is 7.23. The summed E-state index contributed by atoms with van der Waals surface area (Å²) in [6.07, 6.45) is 1.30. The molecule has 0 aliphatic heterocycles. The molecule has 0 spiro atoms. The zero-order chi connectivity index (χ0) is 18.7. The van der Waals surface area contributed by atoms with Crippen molar-refractivity contribution in [2.45, 2.75) is 38.9 Å². The molecular weight excluding hydrogens is 330 g/mol. The van der Waals surface area contributed by atoms with Crippen LogP contribution in [0.25, 0.3) is 0 Å². The number of carbonyl (C=O) groups is 1. The van der Waals surface area contributed by atoms with Crippen LogP contribution < -0.4 is 4.43 Å². The summed E-state index contributed by atoms with van der Waals surface area (Å²) in [5.74, 6) is 0.470. The monoisotopic (exact) mass is 355 g/mol. The van der Waals surface area contributed by atoms with Gasteiger partial charge in [0, 0.05) is 5.56 Å². The third kappa shape index (κ3) is 4.36. The van der Waals surface area contributed by atoms with E-state index in [2.05, 4.69) is 39.0 Å². The summed E-state index contributed by atoms with van der Waals surface area (Å²) in [5, 5.41) is 11.9. The molecule has 0 aliphatic rings. The van der Waals surface area contributed by atoms with Crippen molar-refractivity contribution < 1.29 is 14.4 Å². The Labute approximate surface area is 150 Å². The molecule has 0 radical (unpaired) electrons. The second-order valence-electron chi connectivity index (χ2n) is 7.56. The molecule has 0 amide bonds. The zero-order valence-electron chi connectivity index (χ0n) is 15.4. The van der Waals surface area contributed by atoms with Gasteiger partial charge in [-0.3, -0.25) is 4.79 Å². The van der Waals surface area contributed by atoms with E-state index in [1.165, 1.54) is 6.21 Å². The number of carbonyl (C=O) groups excluding carboxylic acids is 1. The first kappa shape index (κ1) is 18.9. The third-order valence-corrected chi connectivity index (χ3v) is 9.00. The van der Waals surface area contributed by atoms with Crippen molar-refractivity contribution in [1.29, 1.82) is 0 Å². The van der Waals surface area contributed by atoms with E-state index in [1.807, 2.05) is 18.2 Å². The summed E-state index contributed by atoms with van der Waals surface area (Å²) >= 11 is 0. The standard InChI is InChI=1S/C20H25NO3Si/c1-20(2,3)25(4,5)24-18-12-11-15(14-21-23)13-17(18)19(22)16-9-7-6-8-10-16/h6-14,23H,1-5H3/b21-14+. The quantitative estimate of drug-likeness (QED) is 0.266. The van der Waals surface area contributed by atoms with Crippen LogP contribution in [0.15, 0.2) is 53.7 Å². The minimum absolute atomic E-state index is 0.0191. The Morgan fingerprint density at radius 2 is 1.76 bits per heavy atom. The summed E-state index contributed by atoms with van der Waals surface area (Å²) in [7, 11) is -2.10. The van der Waals surface area contributed by atoms with Crippen LogP contribution in [0, 0.1) is 0 Å². The van der Waals surface area contributed by atoms with Gasteiger partial charge in [0.25, 0.3) is 8.32 Å². The maximum atomic E-state index is 13.0. The molecule has 1 N–H and O–H groups in total. The molecule has 0 atom stereocenters. The Balaban J connectivity index is 2.51. The first-order valence-electron chi connectivity index (χ1n) is 8.26. The molecular formula is C20H25NO3Si. The molecule has 25 heavy (non-hydrogen) atoms. The highest BCUT2D eigenvalue weighted by Crippen LogP contribution is 2.38. The Morgan fingerprint density at radius 1 is 1.12 bits per heavy atom. The minimum atomic E-state index is -2.10. The summed E-state index contributed by atoms with van der Waals surface area (Å²) in [6, 6.07) is 14.4. The van der Waals surface area contributed by atoms with Crippen LogP contribution in [0.4, 0.5) is 0 Å². The van der Waals surface area contributed by atoms with Gasteiger partial charge in [0.15, 0.2) is 5.78 Å². The average molecular weight is 356 g/mol. The smallest absolute Gasteiger partial charge is 0.250 e. The van der Waals surface area contributed by atoms with E-state index in [4.69, 9.17) is 9.63 Å². The van der Waals surface area contributed by atoms with E-state index in [0.29, 0.717) is 22.4 Å². The third-order valence-electron chi connectivity index (χ3n) is 4.66. The molecule has 2 aromatic rings. The summed E-state index contributed by atoms with van der Waals surface area (Å²) in [4.78, 5) is 13.0. The lowest BCUT2D eigenvalue weighted by molar-refractivity contribution is 0.103. The van der Waals surface area contributed by atoms with Gasteiger partial charge in [0.05, 0.1) is 11.8 Å². The predicted octanol–water partition coefficient (Wildman–Crippen LogP) is 5.11. The maximum absolute atomic E-state index is 13.0. The fraction of sp³-hybridized carbons (Fsp3) is 0.300. The molecule has 2 rings (SSSR count). The van der Waals surface area contributed by atoms with E-state index in [0.717, 1.165) is 0 Å². The van der Waals surface area contributed by atoms with Crippen molar-refractivity contribution in [3.63, 3.8) is 0 Å².